The Labute approximate surface area is 213 Å². The van der Waals surface area contributed by atoms with Crippen molar-refractivity contribution in [3.05, 3.63) is 53.6 Å². The fourth-order valence-corrected chi connectivity index (χ4v) is 4.55. The number of hydrogen-bond acceptors (Lipinski definition) is 5. The fraction of sp³-hybridized carbons (Fsp3) is 0.480. The molecule has 0 saturated carbocycles. The number of para-hydroxylation sites is 1. The van der Waals surface area contributed by atoms with E-state index < -0.39 is 0 Å². The van der Waals surface area contributed by atoms with Crippen LogP contribution < -0.4 is 24.8 Å². The van der Waals surface area contributed by atoms with Crippen LogP contribution in [0.4, 0.5) is 0 Å². The molecule has 1 saturated heterocycles. The number of benzene rings is 2. The molecule has 0 bridgehead atoms. The van der Waals surface area contributed by atoms with Gasteiger partial charge in [0.1, 0.15) is 17.2 Å². The number of rotatable bonds is 7. The van der Waals surface area contributed by atoms with Crippen LogP contribution in [0.1, 0.15) is 29.9 Å². The molecular weight excluding hydrogens is 531 g/mol. The summed E-state index contributed by atoms with van der Waals surface area (Å²) in [7, 11) is 5.21. The number of methoxy groups -OCH3 is 2. The molecular formula is C25H35IN4O3. The monoisotopic (exact) mass is 566 g/mol. The van der Waals surface area contributed by atoms with Gasteiger partial charge in [-0.1, -0.05) is 18.2 Å². The van der Waals surface area contributed by atoms with Crippen LogP contribution in [0.15, 0.2) is 47.5 Å². The summed E-state index contributed by atoms with van der Waals surface area (Å²) < 4.78 is 16.6. The van der Waals surface area contributed by atoms with Crippen LogP contribution in [0.25, 0.3) is 0 Å². The summed E-state index contributed by atoms with van der Waals surface area (Å²) in [6.07, 6.45) is 2.10. The molecule has 2 aliphatic heterocycles. The van der Waals surface area contributed by atoms with Gasteiger partial charge in [-0.3, -0.25) is 9.89 Å². The van der Waals surface area contributed by atoms with Crippen LogP contribution in [-0.2, 0) is 6.54 Å². The summed E-state index contributed by atoms with van der Waals surface area (Å²) in [5.41, 5.74) is 2.48. The summed E-state index contributed by atoms with van der Waals surface area (Å²) in [4.78, 5) is 6.91. The van der Waals surface area contributed by atoms with E-state index in [-0.39, 0.29) is 24.0 Å². The maximum Gasteiger partial charge on any atom is 0.191 e. The molecule has 8 heteroatoms. The van der Waals surface area contributed by atoms with Gasteiger partial charge in [-0.25, -0.2) is 0 Å². The van der Waals surface area contributed by atoms with Gasteiger partial charge in [0.05, 0.1) is 20.8 Å². The van der Waals surface area contributed by atoms with Gasteiger partial charge in [-0.15, -0.1) is 24.0 Å². The molecule has 4 rings (SSSR count). The third kappa shape index (κ3) is 6.66. The first-order valence-electron chi connectivity index (χ1n) is 11.3. The lowest BCUT2D eigenvalue weighted by Crippen LogP contribution is -2.45. The fourth-order valence-electron chi connectivity index (χ4n) is 4.55. The van der Waals surface area contributed by atoms with E-state index in [0.29, 0.717) is 12.0 Å². The van der Waals surface area contributed by atoms with E-state index in [1.54, 1.807) is 14.2 Å². The Kier molecular flexibility index (Phi) is 9.49. The van der Waals surface area contributed by atoms with E-state index in [4.69, 9.17) is 14.2 Å². The average Bonchev–Trinajstić information content (AvgIpc) is 3.27. The quantitative estimate of drug-likeness (QED) is 0.303. The van der Waals surface area contributed by atoms with Crippen molar-refractivity contribution in [2.45, 2.75) is 31.3 Å². The third-order valence-corrected chi connectivity index (χ3v) is 6.25. The van der Waals surface area contributed by atoms with E-state index >= 15 is 0 Å². The Bertz CT molecular complexity index is 917. The Morgan fingerprint density at radius 1 is 1.12 bits per heavy atom. The molecule has 2 unspecified atom stereocenters. The van der Waals surface area contributed by atoms with Crippen molar-refractivity contribution in [3.63, 3.8) is 0 Å². The van der Waals surface area contributed by atoms with Crippen molar-refractivity contribution < 1.29 is 14.2 Å². The lowest BCUT2D eigenvalue weighted by molar-refractivity contribution is 0.267. The highest BCUT2D eigenvalue weighted by Gasteiger charge is 2.25. The minimum Gasteiger partial charge on any atom is -0.497 e. The number of nitrogens with one attached hydrogen (secondary N) is 2. The summed E-state index contributed by atoms with van der Waals surface area (Å²) in [5.74, 6) is 3.96. The van der Waals surface area contributed by atoms with Crippen molar-refractivity contribution in [2.24, 2.45) is 4.99 Å². The first kappa shape index (κ1) is 25.4. The Morgan fingerprint density at radius 3 is 2.61 bits per heavy atom. The molecule has 7 nitrogen and oxygen atoms in total. The van der Waals surface area contributed by atoms with Crippen molar-refractivity contribution in [1.82, 2.24) is 15.5 Å². The van der Waals surface area contributed by atoms with Crippen molar-refractivity contribution >= 4 is 29.9 Å². The van der Waals surface area contributed by atoms with Gasteiger partial charge in [0.2, 0.25) is 0 Å². The SMILES string of the molecule is CN=C(NCC1CCOc2ccccc21)NC1CCN(Cc2cc(OC)cc(OC)c2)C1.I. The first-order chi connectivity index (χ1) is 15.7. The molecule has 0 aliphatic carbocycles. The molecule has 0 amide bonds. The average molecular weight is 566 g/mol. The number of ether oxygens (including phenoxy) is 3. The van der Waals surface area contributed by atoms with Crippen LogP contribution in [0, 0.1) is 0 Å². The third-order valence-electron chi connectivity index (χ3n) is 6.25. The van der Waals surface area contributed by atoms with Crippen molar-refractivity contribution in [1.29, 1.82) is 0 Å². The Hall–Kier alpha value is -2.20. The van der Waals surface area contributed by atoms with Crippen molar-refractivity contribution in [3.8, 4) is 17.2 Å². The van der Waals surface area contributed by atoms with Crippen LogP contribution in [0.3, 0.4) is 0 Å². The zero-order valence-electron chi connectivity index (χ0n) is 19.7. The summed E-state index contributed by atoms with van der Waals surface area (Å²) >= 11 is 0. The smallest absolute Gasteiger partial charge is 0.191 e. The van der Waals surface area contributed by atoms with Gasteiger partial charge in [0.15, 0.2) is 5.96 Å². The highest BCUT2D eigenvalue weighted by Crippen LogP contribution is 2.32. The first-order valence-corrected chi connectivity index (χ1v) is 11.3. The van der Waals surface area contributed by atoms with Gasteiger partial charge >= 0.3 is 0 Å². The van der Waals surface area contributed by atoms with Crippen LogP contribution in [0.5, 0.6) is 17.2 Å². The number of aliphatic imine (C=N–C) groups is 1. The van der Waals surface area contributed by atoms with E-state index in [0.717, 1.165) is 68.8 Å². The van der Waals surface area contributed by atoms with E-state index in [9.17, 15) is 0 Å². The lowest BCUT2D eigenvalue weighted by Gasteiger charge is -2.27. The molecule has 2 aliphatic rings. The largest absolute Gasteiger partial charge is 0.497 e. The lowest BCUT2D eigenvalue weighted by atomic mass is 9.93. The maximum atomic E-state index is 5.79. The molecule has 0 spiro atoms. The number of fused-ring (bicyclic) bond motifs is 1. The zero-order chi connectivity index (χ0) is 22.3. The van der Waals surface area contributed by atoms with Crippen molar-refractivity contribution in [2.75, 3.05) is 47.5 Å². The summed E-state index contributed by atoms with van der Waals surface area (Å²) in [6, 6.07) is 14.8. The predicted molar refractivity (Wildman–Crippen MR) is 142 cm³/mol. The number of halogens is 1. The highest BCUT2D eigenvalue weighted by molar-refractivity contribution is 14.0. The highest BCUT2D eigenvalue weighted by atomic mass is 127. The van der Waals surface area contributed by atoms with E-state index in [2.05, 4.69) is 50.9 Å². The number of hydrogen-bond donors (Lipinski definition) is 2. The maximum absolute atomic E-state index is 5.79. The molecule has 180 valence electrons. The van der Waals surface area contributed by atoms with Crippen LogP contribution in [0.2, 0.25) is 0 Å². The standard InChI is InChI=1S/C25H34N4O3.HI/c1-26-25(27-15-19-9-11-32-24-7-5-4-6-23(19)24)28-20-8-10-29(17-20)16-18-12-21(30-2)14-22(13-18)31-3;/h4-7,12-14,19-20H,8-11,15-17H2,1-3H3,(H2,26,27,28);1H. The second-order valence-electron chi connectivity index (χ2n) is 8.41. The molecule has 0 radical (unpaired) electrons. The van der Waals surface area contributed by atoms with Gasteiger partial charge in [-0.05, 0) is 42.2 Å². The Morgan fingerprint density at radius 2 is 1.88 bits per heavy atom. The van der Waals surface area contributed by atoms with Crippen LogP contribution >= 0.6 is 24.0 Å². The van der Waals surface area contributed by atoms with Gasteiger partial charge in [-0.2, -0.15) is 0 Å². The second kappa shape index (κ2) is 12.3. The van der Waals surface area contributed by atoms with Gasteiger partial charge in [0, 0.05) is 51.3 Å². The summed E-state index contributed by atoms with van der Waals surface area (Å²) in [5, 5.41) is 7.14. The second-order valence-corrected chi connectivity index (χ2v) is 8.41. The molecule has 2 N–H and O–H groups in total. The topological polar surface area (TPSA) is 67.4 Å². The van der Waals surface area contributed by atoms with E-state index in [1.807, 2.05) is 19.2 Å². The minimum absolute atomic E-state index is 0. The van der Waals surface area contributed by atoms with E-state index in [1.165, 1.54) is 11.1 Å². The molecule has 2 heterocycles. The van der Waals surface area contributed by atoms with Gasteiger partial charge < -0.3 is 24.8 Å². The van der Waals surface area contributed by atoms with Crippen LogP contribution in [-0.4, -0.2) is 64.4 Å². The number of nitrogens with zero attached hydrogens (tertiary/aromatic N) is 2. The zero-order valence-corrected chi connectivity index (χ0v) is 22.0. The predicted octanol–water partition coefficient (Wildman–Crippen LogP) is 3.63. The molecule has 0 aromatic heterocycles. The molecule has 1 fully saturated rings. The summed E-state index contributed by atoms with van der Waals surface area (Å²) in [6.45, 7) is 4.50. The Balaban J connectivity index is 0.00000306. The molecule has 2 atom stereocenters. The minimum atomic E-state index is 0. The number of likely N-dealkylation sites (tertiary alicyclic amines) is 1. The molecule has 33 heavy (non-hydrogen) atoms. The van der Waals surface area contributed by atoms with Gasteiger partial charge in [0.25, 0.3) is 0 Å². The normalized spacial score (nSPS) is 20.3. The molecule has 2 aromatic carbocycles. The molecule has 2 aromatic rings. The number of guanidine groups is 1.